The second-order valence-corrected chi connectivity index (χ2v) is 8.65. The molecule has 0 radical (unpaired) electrons. The molecule has 2 rings (SSSR count). The Morgan fingerprint density at radius 3 is 2.20 bits per heavy atom. The zero-order valence-corrected chi connectivity index (χ0v) is 16.2. The van der Waals surface area contributed by atoms with Gasteiger partial charge in [0.1, 0.15) is 11.6 Å². The fourth-order valence-electron chi connectivity index (χ4n) is 2.86. The van der Waals surface area contributed by atoms with Crippen LogP contribution in [0.25, 0.3) is 0 Å². The van der Waals surface area contributed by atoms with Crippen molar-refractivity contribution >= 4 is 17.7 Å². The van der Waals surface area contributed by atoms with E-state index in [-0.39, 0.29) is 11.3 Å². The molecule has 1 atom stereocenters. The minimum Gasteiger partial charge on any atom is -0.444 e. The molecule has 0 aliphatic carbocycles. The summed E-state index contributed by atoms with van der Waals surface area (Å²) in [7, 11) is 0. The van der Waals surface area contributed by atoms with Gasteiger partial charge in [-0.3, -0.25) is 9.69 Å². The number of hydrogen-bond acceptors (Lipinski definition) is 3. The van der Waals surface area contributed by atoms with Gasteiger partial charge >= 0.3 is 6.09 Å². The maximum atomic E-state index is 12.6. The summed E-state index contributed by atoms with van der Waals surface area (Å²) in [6.07, 6.45) is 1.04. The van der Waals surface area contributed by atoms with Gasteiger partial charge in [-0.05, 0) is 56.7 Å². The van der Waals surface area contributed by atoms with E-state index in [1.165, 1.54) is 10.5 Å². The summed E-state index contributed by atoms with van der Waals surface area (Å²) in [5.74, 6) is -0.160. The van der Waals surface area contributed by atoms with Gasteiger partial charge in [0.25, 0.3) is 0 Å². The van der Waals surface area contributed by atoms with Gasteiger partial charge in [0, 0.05) is 12.2 Å². The van der Waals surface area contributed by atoms with E-state index in [2.05, 4.69) is 26.1 Å². The first-order chi connectivity index (χ1) is 11.5. The van der Waals surface area contributed by atoms with Crippen molar-refractivity contribution in [2.45, 2.75) is 71.4 Å². The number of rotatable bonds is 2. The number of benzene rings is 1. The van der Waals surface area contributed by atoms with E-state index in [0.29, 0.717) is 13.0 Å². The molecule has 25 heavy (non-hydrogen) atoms. The Morgan fingerprint density at radius 1 is 1.08 bits per heavy atom. The molecule has 1 aliphatic heterocycles. The molecule has 0 aromatic heterocycles. The number of nitrogens with one attached hydrogen (secondary N) is 1. The number of carbonyl (C=O) groups is 2. The van der Waals surface area contributed by atoms with Crippen molar-refractivity contribution < 1.29 is 14.3 Å². The molecule has 1 N–H and O–H groups in total. The van der Waals surface area contributed by atoms with Gasteiger partial charge in [-0.15, -0.1) is 0 Å². The monoisotopic (exact) mass is 346 g/mol. The molecule has 0 unspecified atom stereocenters. The van der Waals surface area contributed by atoms with Crippen molar-refractivity contribution in [2.24, 2.45) is 0 Å². The number of ether oxygens (including phenoxy) is 1. The van der Waals surface area contributed by atoms with Crippen molar-refractivity contribution in [1.82, 2.24) is 4.90 Å². The van der Waals surface area contributed by atoms with Gasteiger partial charge in [-0.2, -0.15) is 0 Å². The van der Waals surface area contributed by atoms with Gasteiger partial charge in [-0.1, -0.05) is 32.9 Å². The van der Waals surface area contributed by atoms with Crippen LogP contribution in [0.15, 0.2) is 24.3 Å². The third-order valence-electron chi connectivity index (χ3n) is 4.20. The molecule has 0 spiro atoms. The first-order valence-corrected chi connectivity index (χ1v) is 8.88. The van der Waals surface area contributed by atoms with Crippen LogP contribution in [0.1, 0.15) is 59.9 Å². The van der Waals surface area contributed by atoms with E-state index in [1.54, 1.807) is 0 Å². The normalized spacial score (nSPS) is 18.2. The summed E-state index contributed by atoms with van der Waals surface area (Å²) in [5, 5.41) is 2.92. The Morgan fingerprint density at radius 2 is 1.68 bits per heavy atom. The highest BCUT2D eigenvalue weighted by molar-refractivity contribution is 5.96. The van der Waals surface area contributed by atoms with Crippen LogP contribution in [0.4, 0.5) is 10.5 Å². The number of likely N-dealkylation sites (tertiary alicyclic amines) is 1. The van der Waals surface area contributed by atoms with Crippen molar-refractivity contribution in [3.63, 3.8) is 0 Å². The molecule has 1 aromatic carbocycles. The first kappa shape index (κ1) is 19.3. The molecule has 1 aromatic rings. The van der Waals surface area contributed by atoms with Crippen LogP contribution in [0.3, 0.4) is 0 Å². The lowest BCUT2D eigenvalue weighted by atomic mass is 9.87. The van der Waals surface area contributed by atoms with Crippen LogP contribution in [-0.4, -0.2) is 35.1 Å². The maximum absolute atomic E-state index is 12.6. The number of nitrogens with zero attached hydrogens (tertiary/aromatic N) is 1. The van der Waals surface area contributed by atoms with Crippen molar-refractivity contribution in [1.29, 1.82) is 0 Å². The van der Waals surface area contributed by atoms with Crippen LogP contribution in [0, 0.1) is 0 Å². The Balaban J connectivity index is 2.03. The number of carbonyl (C=O) groups excluding carboxylic acids is 2. The van der Waals surface area contributed by atoms with Crippen molar-refractivity contribution in [2.75, 3.05) is 11.9 Å². The largest absolute Gasteiger partial charge is 0.444 e. The van der Waals surface area contributed by atoms with Crippen LogP contribution in [0.2, 0.25) is 0 Å². The molecule has 0 bridgehead atoms. The predicted octanol–water partition coefficient (Wildman–Crippen LogP) is 4.32. The summed E-state index contributed by atoms with van der Waals surface area (Å²) >= 11 is 0. The summed E-state index contributed by atoms with van der Waals surface area (Å²) in [6.45, 7) is 12.5. The smallest absolute Gasteiger partial charge is 0.410 e. The highest BCUT2D eigenvalue weighted by Crippen LogP contribution is 2.25. The highest BCUT2D eigenvalue weighted by atomic mass is 16.6. The van der Waals surface area contributed by atoms with Crippen LogP contribution in [-0.2, 0) is 14.9 Å². The lowest BCUT2D eigenvalue weighted by molar-refractivity contribution is -0.120. The number of anilines is 1. The minimum atomic E-state index is -0.566. The zero-order chi connectivity index (χ0) is 18.8. The SMILES string of the molecule is CC(C)(C)OC(=O)N1CCC[C@@H]1C(=O)Nc1ccc(C(C)(C)C)cc1. The van der Waals surface area contributed by atoms with Crippen molar-refractivity contribution in [3.05, 3.63) is 29.8 Å². The zero-order valence-electron chi connectivity index (χ0n) is 16.2. The number of amides is 2. The Kier molecular flexibility index (Phi) is 5.45. The second kappa shape index (κ2) is 7.06. The van der Waals surface area contributed by atoms with Gasteiger partial charge in [0.2, 0.25) is 5.91 Å². The van der Waals surface area contributed by atoms with Crippen LogP contribution in [0.5, 0.6) is 0 Å². The molecule has 0 saturated carbocycles. The molecule has 1 saturated heterocycles. The minimum absolute atomic E-state index is 0.0709. The maximum Gasteiger partial charge on any atom is 0.410 e. The van der Waals surface area contributed by atoms with E-state index in [0.717, 1.165) is 12.1 Å². The third-order valence-corrected chi connectivity index (χ3v) is 4.20. The van der Waals surface area contributed by atoms with Crippen LogP contribution < -0.4 is 5.32 Å². The average molecular weight is 346 g/mol. The molecule has 1 heterocycles. The standard InChI is InChI=1S/C20H30N2O3/c1-19(2,3)14-9-11-15(12-10-14)21-17(23)16-8-7-13-22(16)18(24)25-20(4,5)6/h9-12,16H,7-8,13H2,1-6H3,(H,21,23)/t16-/m1/s1. The topological polar surface area (TPSA) is 58.6 Å². The molecule has 138 valence electrons. The Labute approximate surface area is 150 Å². The van der Waals surface area contributed by atoms with Gasteiger partial charge < -0.3 is 10.1 Å². The predicted molar refractivity (Wildman–Crippen MR) is 99.7 cm³/mol. The molecule has 1 aliphatic rings. The van der Waals surface area contributed by atoms with E-state index in [1.807, 2.05) is 45.0 Å². The van der Waals surface area contributed by atoms with Gasteiger partial charge in [0.15, 0.2) is 0 Å². The fourth-order valence-corrected chi connectivity index (χ4v) is 2.86. The molecular formula is C20H30N2O3. The molecule has 5 nitrogen and oxygen atoms in total. The molecular weight excluding hydrogens is 316 g/mol. The lowest BCUT2D eigenvalue weighted by Gasteiger charge is -2.28. The van der Waals surface area contributed by atoms with Crippen LogP contribution >= 0.6 is 0 Å². The lowest BCUT2D eigenvalue weighted by Crippen LogP contribution is -2.45. The second-order valence-electron chi connectivity index (χ2n) is 8.65. The van der Waals surface area contributed by atoms with E-state index in [9.17, 15) is 9.59 Å². The molecule has 2 amide bonds. The molecule has 1 fully saturated rings. The Hall–Kier alpha value is -2.04. The summed E-state index contributed by atoms with van der Waals surface area (Å²) < 4.78 is 5.41. The van der Waals surface area contributed by atoms with Gasteiger partial charge in [-0.25, -0.2) is 4.79 Å². The fraction of sp³-hybridized carbons (Fsp3) is 0.600. The summed E-state index contributed by atoms with van der Waals surface area (Å²) in [4.78, 5) is 26.5. The molecule has 5 heteroatoms. The van der Waals surface area contributed by atoms with E-state index >= 15 is 0 Å². The summed E-state index contributed by atoms with van der Waals surface area (Å²) in [6, 6.07) is 7.39. The quantitative estimate of drug-likeness (QED) is 0.867. The summed E-state index contributed by atoms with van der Waals surface area (Å²) in [5.41, 5.74) is 1.46. The average Bonchev–Trinajstić information content (AvgIpc) is 2.94. The van der Waals surface area contributed by atoms with E-state index < -0.39 is 17.7 Å². The third kappa shape index (κ3) is 5.21. The van der Waals surface area contributed by atoms with Gasteiger partial charge in [0.05, 0.1) is 0 Å². The number of hydrogen-bond donors (Lipinski definition) is 1. The first-order valence-electron chi connectivity index (χ1n) is 8.88. The Bertz CT molecular complexity index is 624. The van der Waals surface area contributed by atoms with E-state index in [4.69, 9.17) is 4.74 Å². The van der Waals surface area contributed by atoms with Crippen molar-refractivity contribution in [3.8, 4) is 0 Å². The highest BCUT2D eigenvalue weighted by Gasteiger charge is 2.36.